The number of ether oxygens (including phenoxy) is 2. The summed E-state index contributed by atoms with van der Waals surface area (Å²) in [4.78, 5) is 22.7. The molecule has 2 aromatic carbocycles. The molecule has 0 aliphatic carbocycles. The molecule has 0 spiro atoms. The van der Waals surface area contributed by atoms with Gasteiger partial charge in [-0.05, 0) is 24.6 Å². The van der Waals surface area contributed by atoms with Crippen LogP contribution in [0.2, 0.25) is 0 Å². The number of rotatable bonds is 4. The van der Waals surface area contributed by atoms with Gasteiger partial charge in [-0.15, -0.1) is 0 Å². The summed E-state index contributed by atoms with van der Waals surface area (Å²) >= 11 is 0. The van der Waals surface area contributed by atoms with E-state index in [2.05, 4.69) is 10.5 Å². The van der Waals surface area contributed by atoms with Crippen LogP contribution in [0, 0.1) is 17.0 Å². The van der Waals surface area contributed by atoms with Crippen LogP contribution in [0.5, 0.6) is 11.5 Å². The number of carbonyl (C=O) groups is 1. The van der Waals surface area contributed by atoms with Crippen molar-refractivity contribution in [2.75, 3.05) is 6.79 Å². The molecule has 0 saturated heterocycles. The second-order valence-electron chi connectivity index (χ2n) is 5.04. The molecule has 0 unspecified atom stereocenters. The lowest BCUT2D eigenvalue weighted by Gasteiger charge is -2.03. The van der Waals surface area contributed by atoms with E-state index in [4.69, 9.17) is 9.47 Å². The molecule has 24 heavy (non-hydrogen) atoms. The van der Waals surface area contributed by atoms with Gasteiger partial charge in [-0.25, -0.2) is 5.43 Å². The van der Waals surface area contributed by atoms with E-state index in [9.17, 15) is 14.9 Å². The number of carbonyl (C=O) groups excluding carboxylic acids is 1. The molecule has 0 aromatic heterocycles. The lowest BCUT2D eigenvalue weighted by molar-refractivity contribution is -0.385. The van der Waals surface area contributed by atoms with Crippen molar-refractivity contribution >= 4 is 17.8 Å². The highest BCUT2D eigenvalue weighted by molar-refractivity contribution is 5.96. The van der Waals surface area contributed by atoms with Gasteiger partial charge < -0.3 is 9.47 Å². The third-order valence-corrected chi connectivity index (χ3v) is 3.48. The topological polar surface area (TPSA) is 103 Å². The molecule has 0 saturated carbocycles. The molecule has 0 atom stereocenters. The monoisotopic (exact) mass is 327 g/mol. The molecule has 1 aliphatic heterocycles. The number of hydrogen-bond acceptors (Lipinski definition) is 6. The zero-order valence-electron chi connectivity index (χ0n) is 12.7. The number of fused-ring (bicyclic) bond motifs is 1. The largest absolute Gasteiger partial charge is 0.454 e. The van der Waals surface area contributed by atoms with Gasteiger partial charge in [0.25, 0.3) is 11.6 Å². The maximum atomic E-state index is 12.1. The van der Waals surface area contributed by atoms with Crippen LogP contribution in [-0.2, 0) is 0 Å². The summed E-state index contributed by atoms with van der Waals surface area (Å²) in [5.74, 6) is 0.308. The molecule has 1 aliphatic rings. The highest BCUT2D eigenvalue weighted by Gasteiger charge is 2.22. The first-order valence-corrected chi connectivity index (χ1v) is 7.03. The Hall–Kier alpha value is -3.42. The lowest BCUT2D eigenvalue weighted by atomic mass is 10.1. The molecule has 122 valence electrons. The molecular formula is C16H13N3O5. The van der Waals surface area contributed by atoms with Gasteiger partial charge in [0.05, 0.1) is 22.8 Å². The first-order valence-electron chi connectivity index (χ1n) is 7.03. The van der Waals surface area contributed by atoms with Gasteiger partial charge in [0.2, 0.25) is 6.79 Å². The molecule has 0 bridgehead atoms. The van der Waals surface area contributed by atoms with Crippen molar-refractivity contribution in [1.82, 2.24) is 5.43 Å². The van der Waals surface area contributed by atoms with Gasteiger partial charge in [0.1, 0.15) is 0 Å². The summed E-state index contributed by atoms with van der Waals surface area (Å²) in [6.07, 6.45) is 1.20. The van der Waals surface area contributed by atoms with Gasteiger partial charge in [0, 0.05) is 5.56 Å². The number of nitro benzene ring substituents is 1. The Balaban J connectivity index is 1.81. The van der Waals surface area contributed by atoms with E-state index in [1.807, 2.05) is 6.07 Å². The summed E-state index contributed by atoms with van der Waals surface area (Å²) in [6.45, 7) is 1.82. The van der Waals surface area contributed by atoms with Crippen LogP contribution in [0.25, 0.3) is 0 Å². The second-order valence-corrected chi connectivity index (χ2v) is 5.04. The Kier molecular flexibility index (Phi) is 4.11. The Labute approximate surface area is 136 Å². The normalized spacial score (nSPS) is 12.4. The van der Waals surface area contributed by atoms with Crippen molar-refractivity contribution in [3.8, 4) is 11.5 Å². The van der Waals surface area contributed by atoms with Crippen molar-refractivity contribution < 1.29 is 19.2 Å². The van der Waals surface area contributed by atoms with Crippen LogP contribution in [0.4, 0.5) is 5.69 Å². The number of nitro groups is 1. The van der Waals surface area contributed by atoms with E-state index in [0.29, 0.717) is 17.1 Å². The fraction of sp³-hybridized carbons (Fsp3) is 0.125. The van der Waals surface area contributed by atoms with Crippen molar-refractivity contribution in [3.63, 3.8) is 0 Å². The molecule has 0 fully saturated rings. The van der Waals surface area contributed by atoms with Crippen molar-refractivity contribution in [1.29, 1.82) is 0 Å². The number of benzene rings is 2. The van der Waals surface area contributed by atoms with Gasteiger partial charge in [0.15, 0.2) is 11.5 Å². The molecule has 0 radical (unpaired) electrons. The van der Waals surface area contributed by atoms with Gasteiger partial charge in [-0.1, -0.05) is 18.2 Å². The van der Waals surface area contributed by atoms with Gasteiger partial charge in [-0.3, -0.25) is 14.9 Å². The zero-order valence-corrected chi connectivity index (χ0v) is 12.7. The third kappa shape index (κ3) is 3.02. The SMILES string of the molecule is Cc1ccccc1C(=O)N/N=C/c1cc2c(cc1[N+](=O)[O-])OCO2. The molecule has 8 heteroatoms. The maximum absolute atomic E-state index is 12.1. The van der Waals surface area contributed by atoms with E-state index in [0.717, 1.165) is 5.56 Å². The fourth-order valence-electron chi connectivity index (χ4n) is 2.26. The number of amides is 1. The molecule has 1 heterocycles. The molecule has 8 nitrogen and oxygen atoms in total. The first kappa shape index (κ1) is 15.5. The highest BCUT2D eigenvalue weighted by atomic mass is 16.7. The summed E-state index contributed by atoms with van der Waals surface area (Å²) in [5, 5.41) is 14.9. The van der Waals surface area contributed by atoms with Crippen LogP contribution in [0.1, 0.15) is 21.5 Å². The van der Waals surface area contributed by atoms with E-state index in [-0.39, 0.29) is 18.0 Å². The quantitative estimate of drug-likeness (QED) is 0.527. The zero-order chi connectivity index (χ0) is 17.1. The minimum absolute atomic E-state index is 0.0110. The Morgan fingerprint density at radius 3 is 2.71 bits per heavy atom. The smallest absolute Gasteiger partial charge is 0.282 e. The van der Waals surface area contributed by atoms with Crippen molar-refractivity contribution in [2.45, 2.75) is 6.92 Å². The van der Waals surface area contributed by atoms with Gasteiger partial charge in [-0.2, -0.15) is 5.10 Å². The number of nitrogens with zero attached hydrogens (tertiary/aromatic N) is 2. The predicted octanol–water partition coefficient (Wildman–Crippen LogP) is 2.40. The molecule has 1 N–H and O–H groups in total. The number of nitrogens with one attached hydrogen (secondary N) is 1. The Morgan fingerprint density at radius 2 is 2.00 bits per heavy atom. The average Bonchev–Trinajstić information content (AvgIpc) is 3.01. The van der Waals surface area contributed by atoms with Crippen LogP contribution < -0.4 is 14.9 Å². The highest BCUT2D eigenvalue weighted by Crippen LogP contribution is 2.37. The van der Waals surface area contributed by atoms with E-state index in [1.54, 1.807) is 25.1 Å². The molecular weight excluding hydrogens is 314 g/mol. The Bertz CT molecular complexity index is 848. The standard InChI is InChI=1S/C16H13N3O5/c1-10-4-2-3-5-12(10)16(20)18-17-8-11-6-14-15(24-9-23-14)7-13(11)19(21)22/h2-8H,9H2,1H3,(H,18,20)/b17-8+. The molecule has 3 rings (SSSR count). The molecule has 1 amide bonds. The summed E-state index contributed by atoms with van der Waals surface area (Å²) < 4.78 is 10.3. The maximum Gasteiger partial charge on any atom is 0.282 e. The van der Waals surface area contributed by atoms with E-state index < -0.39 is 10.8 Å². The summed E-state index contributed by atoms with van der Waals surface area (Å²) in [5.41, 5.74) is 3.66. The number of aryl methyl sites for hydroxylation is 1. The third-order valence-electron chi connectivity index (χ3n) is 3.48. The van der Waals surface area contributed by atoms with Crippen LogP contribution in [0.15, 0.2) is 41.5 Å². The van der Waals surface area contributed by atoms with Gasteiger partial charge >= 0.3 is 0 Å². The van der Waals surface area contributed by atoms with Crippen LogP contribution in [0.3, 0.4) is 0 Å². The molecule has 2 aromatic rings. The summed E-state index contributed by atoms with van der Waals surface area (Å²) in [7, 11) is 0. The second kappa shape index (κ2) is 6.37. The van der Waals surface area contributed by atoms with Crippen molar-refractivity contribution in [3.05, 3.63) is 63.2 Å². The Morgan fingerprint density at radius 1 is 1.29 bits per heavy atom. The summed E-state index contributed by atoms with van der Waals surface area (Å²) in [6, 6.07) is 9.76. The van der Waals surface area contributed by atoms with Crippen molar-refractivity contribution in [2.24, 2.45) is 5.10 Å². The van der Waals surface area contributed by atoms with Crippen LogP contribution in [-0.4, -0.2) is 23.8 Å². The lowest BCUT2D eigenvalue weighted by Crippen LogP contribution is -2.18. The van der Waals surface area contributed by atoms with Crippen LogP contribution >= 0.6 is 0 Å². The minimum Gasteiger partial charge on any atom is -0.454 e. The van der Waals surface area contributed by atoms with E-state index >= 15 is 0 Å². The van der Waals surface area contributed by atoms with E-state index in [1.165, 1.54) is 18.3 Å². The first-order chi connectivity index (χ1) is 11.6. The fourth-order valence-corrected chi connectivity index (χ4v) is 2.26. The average molecular weight is 327 g/mol. The number of hydrogen-bond donors (Lipinski definition) is 1. The minimum atomic E-state index is -0.549. The predicted molar refractivity (Wildman–Crippen MR) is 85.5 cm³/mol. The number of hydrazone groups is 1.